The fourth-order valence-corrected chi connectivity index (χ4v) is 2.31. The number of aliphatic carboxylic acids is 2. The SMILES string of the molecule is CC(=Cc1cccc(-c2ccccc2)c1C=C(C)C(=O)O)C(=O)O. The fourth-order valence-electron chi connectivity index (χ4n) is 2.31. The van der Waals surface area contributed by atoms with Crippen LogP contribution in [0.1, 0.15) is 25.0 Å². The normalized spacial score (nSPS) is 12.1. The zero-order valence-corrected chi connectivity index (χ0v) is 13.5. The average molecular weight is 322 g/mol. The number of carboxylic acids is 2. The number of carbonyl (C=O) groups is 2. The molecule has 0 heterocycles. The van der Waals surface area contributed by atoms with Gasteiger partial charge in [-0.25, -0.2) is 9.59 Å². The molecule has 122 valence electrons. The Labute approximate surface area is 140 Å². The van der Waals surface area contributed by atoms with Crippen molar-refractivity contribution in [2.75, 3.05) is 0 Å². The largest absolute Gasteiger partial charge is 0.478 e. The van der Waals surface area contributed by atoms with Crippen LogP contribution in [0.25, 0.3) is 23.3 Å². The lowest BCUT2D eigenvalue weighted by Gasteiger charge is -2.11. The van der Waals surface area contributed by atoms with Gasteiger partial charge in [0.15, 0.2) is 0 Å². The van der Waals surface area contributed by atoms with Crippen LogP contribution >= 0.6 is 0 Å². The van der Waals surface area contributed by atoms with Gasteiger partial charge in [-0.05, 0) is 48.3 Å². The molecule has 0 aromatic heterocycles. The van der Waals surface area contributed by atoms with Crippen molar-refractivity contribution in [3.05, 3.63) is 70.8 Å². The van der Waals surface area contributed by atoms with Gasteiger partial charge in [0.25, 0.3) is 0 Å². The Morgan fingerprint density at radius 3 is 1.96 bits per heavy atom. The maximum Gasteiger partial charge on any atom is 0.331 e. The Morgan fingerprint density at radius 1 is 0.792 bits per heavy atom. The highest BCUT2D eigenvalue weighted by atomic mass is 16.4. The highest BCUT2D eigenvalue weighted by Gasteiger charge is 2.11. The standard InChI is InChI=1S/C20H18O4/c1-13(19(21)22)11-16-9-6-10-17(15-7-4-3-5-8-15)18(16)12-14(2)20(23)24/h3-12H,1-2H3,(H,21,22)(H,23,24). The fraction of sp³-hybridized carbons (Fsp3) is 0.100. The highest BCUT2D eigenvalue weighted by Crippen LogP contribution is 2.29. The van der Waals surface area contributed by atoms with E-state index >= 15 is 0 Å². The minimum absolute atomic E-state index is 0.181. The van der Waals surface area contributed by atoms with Gasteiger partial charge in [0.1, 0.15) is 0 Å². The monoisotopic (exact) mass is 322 g/mol. The smallest absolute Gasteiger partial charge is 0.331 e. The first kappa shape index (κ1) is 17.2. The van der Waals surface area contributed by atoms with Gasteiger partial charge in [0.2, 0.25) is 0 Å². The summed E-state index contributed by atoms with van der Waals surface area (Å²) in [6, 6.07) is 15.1. The summed E-state index contributed by atoms with van der Waals surface area (Å²) < 4.78 is 0. The zero-order chi connectivity index (χ0) is 17.7. The molecule has 0 unspecified atom stereocenters. The number of hydrogen-bond acceptors (Lipinski definition) is 2. The Kier molecular flexibility index (Phi) is 5.32. The quantitative estimate of drug-likeness (QED) is 0.804. The first-order valence-electron chi connectivity index (χ1n) is 7.41. The van der Waals surface area contributed by atoms with Crippen LogP contribution in [0.15, 0.2) is 59.7 Å². The summed E-state index contributed by atoms with van der Waals surface area (Å²) in [5.41, 5.74) is 3.50. The first-order chi connectivity index (χ1) is 11.4. The molecule has 0 aliphatic heterocycles. The predicted molar refractivity (Wildman–Crippen MR) is 94.5 cm³/mol. The van der Waals surface area contributed by atoms with Crippen LogP contribution < -0.4 is 0 Å². The summed E-state index contributed by atoms with van der Waals surface area (Å²) >= 11 is 0. The Bertz CT molecular complexity index is 830. The summed E-state index contributed by atoms with van der Waals surface area (Å²) in [5, 5.41) is 18.3. The van der Waals surface area contributed by atoms with E-state index < -0.39 is 11.9 Å². The van der Waals surface area contributed by atoms with Crippen molar-refractivity contribution in [1.82, 2.24) is 0 Å². The molecule has 2 aromatic carbocycles. The van der Waals surface area contributed by atoms with Crippen molar-refractivity contribution in [2.45, 2.75) is 13.8 Å². The molecule has 4 heteroatoms. The second-order valence-electron chi connectivity index (χ2n) is 5.44. The predicted octanol–water partition coefficient (Wildman–Crippen LogP) is 4.33. The number of rotatable bonds is 5. The van der Waals surface area contributed by atoms with Gasteiger partial charge in [0.05, 0.1) is 0 Å². The van der Waals surface area contributed by atoms with Gasteiger partial charge < -0.3 is 10.2 Å². The van der Waals surface area contributed by atoms with E-state index in [2.05, 4.69) is 0 Å². The van der Waals surface area contributed by atoms with E-state index in [1.54, 1.807) is 18.2 Å². The van der Waals surface area contributed by atoms with Gasteiger partial charge in [-0.1, -0.05) is 48.5 Å². The minimum atomic E-state index is -1.01. The minimum Gasteiger partial charge on any atom is -0.478 e. The number of carboxylic acid groups (broad SMARTS) is 2. The van der Waals surface area contributed by atoms with Gasteiger partial charge in [-0.2, -0.15) is 0 Å². The summed E-state index contributed by atoms with van der Waals surface area (Å²) in [6.45, 7) is 3.02. The molecule has 2 rings (SSSR count). The average Bonchev–Trinajstić information content (AvgIpc) is 2.56. The summed E-state index contributed by atoms with van der Waals surface area (Å²) in [6.07, 6.45) is 3.13. The molecule has 0 radical (unpaired) electrons. The number of hydrogen-bond donors (Lipinski definition) is 2. The van der Waals surface area contributed by atoms with E-state index in [-0.39, 0.29) is 11.1 Å². The van der Waals surface area contributed by atoms with E-state index in [9.17, 15) is 14.7 Å². The maximum atomic E-state index is 11.2. The first-order valence-corrected chi connectivity index (χ1v) is 7.41. The second kappa shape index (κ2) is 7.42. The Balaban J connectivity index is 2.73. The van der Waals surface area contributed by atoms with Gasteiger partial charge >= 0.3 is 11.9 Å². The molecule has 0 fully saturated rings. The Hall–Kier alpha value is -3.14. The molecular formula is C20H18O4. The Morgan fingerprint density at radius 2 is 1.38 bits per heavy atom. The van der Waals surface area contributed by atoms with E-state index in [1.807, 2.05) is 42.5 Å². The molecule has 0 aliphatic rings. The molecule has 4 nitrogen and oxygen atoms in total. The second-order valence-corrected chi connectivity index (χ2v) is 5.44. The summed E-state index contributed by atoms with van der Waals surface area (Å²) in [7, 11) is 0. The van der Waals surface area contributed by atoms with Gasteiger partial charge in [0, 0.05) is 11.1 Å². The van der Waals surface area contributed by atoms with Gasteiger partial charge in [-0.15, -0.1) is 0 Å². The molecular weight excluding hydrogens is 304 g/mol. The molecule has 0 aliphatic carbocycles. The van der Waals surface area contributed by atoms with Crippen molar-refractivity contribution in [3.63, 3.8) is 0 Å². The van der Waals surface area contributed by atoms with Gasteiger partial charge in [-0.3, -0.25) is 0 Å². The zero-order valence-electron chi connectivity index (χ0n) is 13.5. The molecule has 24 heavy (non-hydrogen) atoms. The van der Waals surface area contributed by atoms with Crippen LogP contribution in [0.2, 0.25) is 0 Å². The molecule has 0 saturated heterocycles. The molecule has 0 saturated carbocycles. The summed E-state index contributed by atoms with van der Waals surface area (Å²) in [4.78, 5) is 22.3. The third-order valence-electron chi connectivity index (χ3n) is 3.63. The maximum absolute atomic E-state index is 11.2. The third kappa shape index (κ3) is 3.98. The van der Waals surface area contributed by atoms with E-state index in [0.29, 0.717) is 11.1 Å². The topological polar surface area (TPSA) is 74.6 Å². The van der Waals surface area contributed by atoms with Crippen molar-refractivity contribution < 1.29 is 19.8 Å². The van der Waals surface area contributed by atoms with Crippen molar-refractivity contribution >= 4 is 24.1 Å². The molecule has 0 bridgehead atoms. The lowest BCUT2D eigenvalue weighted by Crippen LogP contribution is -1.99. The van der Waals surface area contributed by atoms with E-state index in [4.69, 9.17) is 5.11 Å². The van der Waals surface area contributed by atoms with Crippen LogP contribution in [0.4, 0.5) is 0 Å². The third-order valence-corrected chi connectivity index (χ3v) is 3.63. The molecule has 0 amide bonds. The van der Waals surface area contributed by atoms with Crippen LogP contribution in [0.3, 0.4) is 0 Å². The van der Waals surface area contributed by atoms with Crippen molar-refractivity contribution in [1.29, 1.82) is 0 Å². The van der Waals surface area contributed by atoms with E-state index in [0.717, 1.165) is 11.1 Å². The van der Waals surface area contributed by atoms with Crippen molar-refractivity contribution in [2.24, 2.45) is 0 Å². The lowest BCUT2D eigenvalue weighted by molar-refractivity contribution is -0.133. The van der Waals surface area contributed by atoms with E-state index in [1.165, 1.54) is 13.8 Å². The molecule has 2 aromatic rings. The van der Waals surface area contributed by atoms with Crippen LogP contribution in [-0.4, -0.2) is 22.2 Å². The molecule has 0 spiro atoms. The molecule has 2 N–H and O–H groups in total. The highest BCUT2D eigenvalue weighted by molar-refractivity contribution is 5.96. The molecule has 0 atom stereocenters. The van der Waals surface area contributed by atoms with Crippen LogP contribution in [0, 0.1) is 0 Å². The number of benzene rings is 2. The van der Waals surface area contributed by atoms with Crippen molar-refractivity contribution in [3.8, 4) is 11.1 Å². The summed E-state index contributed by atoms with van der Waals surface area (Å²) in [5.74, 6) is -2.02. The van der Waals surface area contributed by atoms with Crippen LogP contribution in [0.5, 0.6) is 0 Å². The lowest BCUT2D eigenvalue weighted by atomic mass is 9.93. The van der Waals surface area contributed by atoms with Crippen LogP contribution in [-0.2, 0) is 9.59 Å².